The van der Waals surface area contributed by atoms with E-state index in [0.717, 1.165) is 11.1 Å². The molecule has 0 radical (unpaired) electrons. The molecular formula is C23H21ClN2O3S. The Kier molecular flexibility index (Phi) is 5.54. The van der Waals surface area contributed by atoms with Crippen LogP contribution in [0.15, 0.2) is 77.7 Å². The third-order valence-electron chi connectivity index (χ3n) is 5.19. The molecule has 0 fully saturated rings. The molecule has 0 aliphatic carbocycles. The number of rotatable bonds is 5. The van der Waals surface area contributed by atoms with Gasteiger partial charge in [0, 0.05) is 30.7 Å². The first-order chi connectivity index (χ1) is 14.4. The van der Waals surface area contributed by atoms with Crippen LogP contribution in [0.2, 0.25) is 5.02 Å². The van der Waals surface area contributed by atoms with E-state index in [1.807, 2.05) is 30.3 Å². The molecule has 0 atom stereocenters. The van der Waals surface area contributed by atoms with Crippen molar-refractivity contribution in [1.29, 1.82) is 0 Å². The molecule has 1 heterocycles. The minimum absolute atomic E-state index is 0.0966. The van der Waals surface area contributed by atoms with Crippen LogP contribution in [-0.2, 0) is 23.0 Å². The SMILES string of the molecule is CN(Cc1ccccc1)C(=O)c1ccc2c(c1)CCN2S(=O)(=O)c1ccc(Cl)cc1. The van der Waals surface area contributed by atoms with Crippen molar-refractivity contribution in [2.24, 2.45) is 0 Å². The van der Waals surface area contributed by atoms with E-state index in [4.69, 9.17) is 11.6 Å². The predicted octanol–water partition coefficient (Wildman–Crippen LogP) is 4.36. The van der Waals surface area contributed by atoms with E-state index in [0.29, 0.717) is 35.8 Å². The number of carbonyl (C=O) groups excluding carboxylic acids is 1. The molecule has 5 nitrogen and oxygen atoms in total. The van der Waals surface area contributed by atoms with Crippen LogP contribution in [0.1, 0.15) is 21.5 Å². The first-order valence-corrected chi connectivity index (χ1v) is 11.4. The van der Waals surface area contributed by atoms with E-state index in [2.05, 4.69) is 0 Å². The highest BCUT2D eigenvalue weighted by molar-refractivity contribution is 7.92. The Morgan fingerprint density at radius 3 is 2.43 bits per heavy atom. The average Bonchev–Trinajstić information content (AvgIpc) is 3.18. The molecule has 1 aliphatic heterocycles. The summed E-state index contributed by atoms with van der Waals surface area (Å²) in [7, 11) is -1.92. The van der Waals surface area contributed by atoms with Gasteiger partial charge in [-0.15, -0.1) is 0 Å². The second-order valence-corrected chi connectivity index (χ2v) is 9.57. The Hall–Kier alpha value is -2.83. The summed E-state index contributed by atoms with van der Waals surface area (Å²) in [6, 6.07) is 21.1. The van der Waals surface area contributed by atoms with Crippen LogP contribution in [0, 0.1) is 0 Å². The first kappa shape index (κ1) is 20.4. The highest BCUT2D eigenvalue weighted by Gasteiger charge is 2.31. The van der Waals surface area contributed by atoms with Crippen molar-refractivity contribution in [1.82, 2.24) is 4.90 Å². The Balaban J connectivity index is 1.56. The second kappa shape index (κ2) is 8.13. The zero-order valence-electron chi connectivity index (χ0n) is 16.5. The predicted molar refractivity (Wildman–Crippen MR) is 118 cm³/mol. The third kappa shape index (κ3) is 3.93. The maximum absolute atomic E-state index is 13.0. The zero-order chi connectivity index (χ0) is 21.3. The van der Waals surface area contributed by atoms with Crippen LogP contribution < -0.4 is 4.31 Å². The second-order valence-electron chi connectivity index (χ2n) is 7.27. The summed E-state index contributed by atoms with van der Waals surface area (Å²) < 4.78 is 27.5. The van der Waals surface area contributed by atoms with Gasteiger partial charge in [0.05, 0.1) is 10.6 Å². The Labute approximate surface area is 181 Å². The first-order valence-electron chi connectivity index (χ1n) is 9.57. The number of hydrogen-bond donors (Lipinski definition) is 0. The summed E-state index contributed by atoms with van der Waals surface area (Å²) in [6.45, 7) is 0.853. The molecule has 1 amide bonds. The normalized spacial score (nSPS) is 13.2. The third-order valence-corrected chi connectivity index (χ3v) is 7.27. The number of anilines is 1. The molecule has 7 heteroatoms. The lowest BCUT2D eigenvalue weighted by Crippen LogP contribution is -2.29. The number of carbonyl (C=O) groups is 1. The van der Waals surface area contributed by atoms with E-state index in [-0.39, 0.29) is 10.8 Å². The number of benzene rings is 3. The fourth-order valence-corrected chi connectivity index (χ4v) is 5.27. The highest BCUT2D eigenvalue weighted by Crippen LogP contribution is 2.34. The van der Waals surface area contributed by atoms with Crippen molar-refractivity contribution in [3.05, 3.63) is 94.5 Å². The number of halogens is 1. The smallest absolute Gasteiger partial charge is 0.264 e. The summed E-state index contributed by atoms with van der Waals surface area (Å²) >= 11 is 5.88. The van der Waals surface area contributed by atoms with Crippen LogP contribution in [0.5, 0.6) is 0 Å². The average molecular weight is 441 g/mol. The van der Waals surface area contributed by atoms with Gasteiger partial charge in [-0.1, -0.05) is 41.9 Å². The lowest BCUT2D eigenvalue weighted by molar-refractivity contribution is 0.0785. The molecule has 0 unspecified atom stereocenters. The highest BCUT2D eigenvalue weighted by atomic mass is 35.5. The van der Waals surface area contributed by atoms with Crippen LogP contribution in [0.4, 0.5) is 5.69 Å². The molecule has 3 aromatic rings. The Morgan fingerprint density at radius 1 is 1.03 bits per heavy atom. The van der Waals surface area contributed by atoms with Gasteiger partial charge in [-0.05, 0) is 60.0 Å². The van der Waals surface area contributed by atoms with Crippen molar-refractivity contribution in [2.75, 3.05) is 17.9 Å². The Morgan fingerprint density at radius 2 is 1.73 bits per heavy atom. The quantitative estimate of drug-likeness (QED) is 0.592. The molecule has 0 aromatic heterocycles. The summed E-state index contributed by atoms with van der Waals surface area (Å²) in [5, 5.41) is 0.485. The number of fused-ring (bicyclic) bond motifs is 1. The monoisotopic (exact) mass is 440 g/mol. The number of hydrogen-bond acceptors (Lipinski definition) is 3. The fourth-order valence-electron chi connectivity index (χ4n) is 3.64. The fraction of sp³-hybridized carbons (Fsp3) is 0.174. The molecule has 154 valence electrons. The molecule has 4 rings (SSSR count). The summed E-state index contributed by atoms with van der Waals surface area (Å²) in [5.41, 5.74) is 3.08. The number of nitrogens with zero attached hydrogens (tertiary/aromatic N) is 2. The van der Waals surface area contributed by atoms with Crippen LogP contribution in [0.25, 0.3) is 0 Å². The van der Waals surface area contributed by atoms with Gasteiger partial charge in [-0.25, -0.2) is 8.42 Å². The van der Waals surface area contributed by atoms with E-state index < -0.39 is 10.0 Å². The Bertz CT molecular complexity index is 1180. The molecular weight excluding hydrogens is 420 g/mol. The summed E-state index contributed by atoms with van der Waals surface area (Å²) in [6.07, 6.45) is 0.561. The van der Waals surface area contributed by atoms with Crippen molar-refractivity contribution < 1.29 is 13.2 Å². The minimum Gasteiger partial charge on any atom is -0.337 e. The maximum Gasteiger partial charge on any atom is 0.264 e. The molecule has 30 heavy (non-hydrogen) atoms. The van der Waals surface area contributed by atoms with Gasteiger partial charge in [0.25, 0.3) is 15.9 Å². The number of sulfonamides is 1. The van der Waals surface area contributed by atoms with Gasteiger partial charge >= 0.3 is 0 Å². The van der Waals surface area contributed by atoms with Crippen molar-refractivity contribution in [3.8, 4) is 0 Å². The summed E-state index contributed by atoms with van der Waals surface area (Å²) in [4.78, 5) is 14.7. The van der Waals surface area contributed by atoms with Crippen LogP contribution in [-0.4, -0.2) is 32.8 Å². The van der Waals surface area contributed by atoms with E-state index in [1.165, 1.54) is 16.4 Å². The van der Waals surface area contributed by atoms with Gasteiger partial charge in [0.2, 0.25) is 0 Å². The van der Waals surface area contributed by atoms with E-state index in [1.54, 1.807) is 42.3 Å². The van der Waals surface area contributed by atoms with Gasteiger partial charge in [-0.2, -0.15) is 0 Å². The lowest BCUT2D eigenvalue weighted by atomic mass is 10.1. The topological polar surface area (TPSA) is 57.7 Å². The van der Waals surface area contributed by atoms with Crippen molar-refractivity contribution in [2.45, 2.75) is 17.9 Å². The largest absolute Gasteiger partial charge is 0.337 e. The molecule has 0 N–H and O–H groups in total. The molecule has 0 bridgehead atoms. The summed E-state index contributed by atoms with van der Waals surface area (Å²) in [5.74, 6) is -0.0966. The maximum atomic E-state index is 13.0. The van der Waals surface area contributed by atoms with E-state index >= 15 is 0 Å². The van der Waals surface area contributed by atoms with Crippen LogP contribution >= 0.6 is 11.6 Å². The zero-order valence-corrected chi connectivity index (χ0v) is 18.0. The molecule has 0 saturated heterocycles. The van der Waals surface area contributed by atoms with E-state index in [9.17, 15) is 13.2 Å². The molecule has 3 aromatic carbocycles. The van der Waals surface area contributed by atoms with Gasteiger partial charge in [0.1, 0.15) is 0 Å². The molecule has 0 saturated carbocycles. The molecule has 0 spiro atoms. The molecule has 1 aliphatic rings. The van der Waals surface area contributed by atoms with Crippen molar-refractivity contribution >= 4 is 33.2 Å². The van der Waals surface area contributed by atoms with Crippen molar-refractivity contribution in [3.63, 3.8) is 0 Å². The lowest BCUT2D eigenvalue weighted by Gasteiger charge is -2.21. The van der Waals surface area contributed by atoms with Crippen LogP contribution in [0.3, 0.4) is 0 Å². The van der Waals surface area contributed by atoms with Gasteiger partial charge in [-0.3, -0.25) is 9.10 Å². The number of amides is 1. The standard InChI is InChI=1S/C23H21ClN2O3S/c1-25(16-17-5-3-2-4-6-17)23(27)19-7-12-22-18(15-19)13-14-26(22)30(28,29)21-10-8-20(24)9-11-21/h2-12,15H,13-14,16H2,1H3. The minimum atomic E-state index is -3.68. The van der Waals surface area contributed by atoms with Gasteiger partial charge < -0.3 is 4.90 Å². The van der Waals surface area contributed by atoms with Gasteiger partial charge in [0.15, 0.2) is 0 Å².